The van der Waals surface area contributed by atoms with Gasteiger partial charge in [-0.15, -0.1) is 0 Å². The number of rotatable bonds is 7. The van der Waals surface area contributed by atoms with Crippen LogP contribution in [0.2, 0.25) is 0 Å². The minimum Gasteiger partial charge on any atom is -0.497 e. The lowest BCUT2D eigenvalue weighted by Crippen LogP contribution is -2.40. The minimum atomic E-state index is -3.47. The van der Waals surface area contributed by atoms with Crippen molar-refractivity contribution >= 4 is 15.9 Å². The molecule has 1 amide bonds. The number of benzene rings is 2. The summed E-state index contributed by atoms with van der Waals surface area (Å²) in [6.45, 7) is 0.834. The molecule has 162 valence electrons. The molecule has 2 aromatic carbocycles. The minimum absolute atomic E-state index is 0.0620. The number of sulfonamides is 1. The third-order valence-corrected chi connectivity index (χ3v) is 7.28. The van der Waals surface area contributed by atoms with Crippen LogP contribution in [0, 0.1) is 0 Å². The molecule has 1 aliphatic heterocycles. The molecule has 0 atom stereocenters. The van der Waals surface area contributed by atoms with Gasteiger partial charge in [0.1, 0.15) is 5.75 Å². The summed E-state index contributed by atoms with van der Waals surface area (Å²) in [6, 6.07) is 16.7. The zero-order valence-electron chi connectivity index (χ0n) is 17.3. The third-order valence-electron chi connectivity index (χ3n) is 5.46. The molecule has 0 fully saturated rings. The average Bonchev–Trinajstić information content (AvgIpc) is 3.33. The highest BCUT2D eigenvalue weighted by Gasteiger charge is 2.26. The van der Waals surface area contributed by atoms with Crippen molar-refractivity contribution in [1.82, 2.24) is 14.2 Å². The van der Waals surface area contributed by atoms with Crippen molar-refractivity contribution < 1.29 is 17.9 Å². The normalized spacial score (nSPS) is 14.1. The smallest absolute Gasteiger partial charge is 0.251 e. The molecule has 1 N–H and O–H groups in total. The van der Waals surface area contributed by atoms with E-state index in [0.29, 0.717) is 25.1 Å². The van der Waals surface area contributed by atoms with Crippen LogP contribution in [0.5, 0.6) is 5.75 Å². The van der Waals surface area contributed by atoms with E-state index in [1.54, 1.807) is 19.2 Å². The van der Waals surface area contributed by atoms with Gasteiger partial charge in [-0.05, 0) is 66.1 Å². The first kappa shape index (κ1) is 21.1. The predicted molar refractivity (Wildman–Crippen MR) is 119 cm³/mol. The van der Waals surface area contributed by atoms with E-state index >= 15 is 0 Å². The first-order valence-corrected chi connectivity index (χ1v) is 11.7. The summed E-state index contributed by atoms with van der Waals surface area (Å²) >= 11 is 0. The topological polar surface area (TPSA) is 80.6 Å². The van der Waals surface area contributed by atoms with Crippen LogP contribution in [0.1, 0.15) is 21.5 Å². The number of hydrogen-bond donors (Lipinski definition) is 1. The Morgan fingerprint density at radius 2 is 1.81 bits per heavy atom. The van der Waals surface area contributed by atoms with E-state index in [-0.39, 0.29) is 18.2 Å². The molecule has 0 unspecified atom stereocenters. The molecule has 7 nitrogen and oxygen atoms in total. The molecule has 0 spiro atoms. The molecule has 0 saturated heterocycles. The van der Waals surface area contributed by atoms with Crippen LogP contribution in [0.4, 0.5) is 0 Å². The van der Waals surface area contributed by atoms with E-state index in [9.17, 15) is 13.2 Å². The summed E-state index contributed by atoms with van der Waals surface area (Å²) in [6.07, 6.45) is 4.50. The number of amides is 1. The molecule has 0 bridgehead atoms. The van der Waals surface area contributed by atoms with Gasteiger partial charge in [0.25, 0.3) is 5.91 Å². The molecular weight excluding hydrogens is 414 g/mol. The highest BCUT2D eigenvalue weighted by Crippen LogP contribution is 2.25. The summed E-state index contributed by atoms with van der Waals surface area (Å²) in [5, 5.41) is 2.71. The van der Waals surface area contributed by atoms with Crippen molar-refractivity contribution in [2.75, 3.05) is 26.0 Å². The van der Waals surface area contributed by atoms with E-state index in [4.69, 9.17) is 4.74 Å². The molecule has 1 aromatic heterocycles. The highest BCUT2D eigenvalue weighted by molar-refractivity contribution is 7.89. The zero-order chi connectivity index (χ0) is 21.8. The van der Waals surface area contributed by atoms with Gasteiger partial charge in [-0.3, -0.25) is 4.79 Å². The van der Waals surface area contributed by atoms with Crippen molar-refractivity contribution in [3.8, 4) is 11.4 Å². The van der Waals surface area contributed by atoms with Gasteiger partial charge < -0.3 is 14.6 Å². The van der Waals surface area contributed by atoms with Crippen LogP contribution in [0.3, 0.4) is 0 Å². The third kappa shape index (κ3) is 4.81. The molecule has 3 aromatic rings. The van der Waals surface area contributed by atoms with Gasteiger partial charge in [0.15, 0.2) is 0 Å². The Bertz CT molecular complexity index is 1160. The molecule has 1 aliphatic rings. The van der Waals surface area contributed by atoms with Crippen LogP contribution in [0.15, 0.2) is 67.0 Å². The molecule has 0 aliphatic carbocycles. The van der Waals surface area contributed by atoms with Crippen molar-refractivity contribution in [3.63, 3.8) is 0 Å². The molecule has 8 heteroatoms. The maximum absolute atomic E-state index is 12.8. The number of hydrogen-bond acceptors (Lipinski definition) is 4. The summed E-state index contributed by atoms with van der Waals surface area (Å²) in [5.74, 6) is 0.357. The lowest BCUT2D eigenvalue weighted by molar-refractivity contribution is 0.0956. The van der Waals surface area contributed by atoms with Crippen molar-refractivity contribution in [2.24, 2.45) is 0 Å². The summed E-state index contributed by atoms with van der Waals surface area (Å²) in [5.41, 5.74) is 3.55. The number of nitrogens with zero attached hydrogens (tertiary/aromatic N) is 2. The van der Waals surface area contributed by atoms with Crippen LogP contribution in [-0.2, 0) is 23.0 Å². The van der Waals surface area contributed by atoms with Gasteiger partial charge in [0.2, 0.25) is 10.0 Å². The van der Waals surface area contributed by atoms with Crippen molar-refractivity contribution in [3.05, 3.63) is 83.7 Å². The fourth-order valence-electron chi connectivity index (χ4n) is 3.68. The Morgan fingerprint density at radius 3 is 2.52 bits per heavy atom. The van der Waals surface area contributed by atoms with Crippen LogP contribution < -0.4 is 10.1 Å². The van der Waals surface area contributed by atoms with Crippen molar-refractivity contribution in [2.45, 2.75) is 13.0 Å². The highest BCUT2D eigenvalue weighted by atomic mass is 32.2. The molecular formula is C23H25N3O4S. The number of aromatic nitrogens is 1. The second-order valence-electron chi connectivity index (χ2n) is 7.43. The molecule has 2 heterocycles. The molecule has 0 radical (unpaired) electrons. The van der Waals surface area contributed by atoms with Crippen LogP contribution in [0.25, 0.3) is 5.69 Å². The van der Waals surface area contributed by atoms with E-state index in [1.165, 1.54) is 4.31 Å². The second-order valence-corrected chi connectivity index (χ2v) is 9.52. The monoisotopic (exact) mass is 439 g/mol. The number of carbonyl (C=O) groups excluding carboxylic acids is 1. The van der Waals surface area contributed by atoms with Crippen LogP contribution in [-0.4, -0.2) is 49.1 Å². The lowest BCUT2D eigenvalue weighted by Gasteiger charge is -2.28. The van der Waals surface area contributed by atoms with E-state index in [2.05, 4.69) is 5.32 Å². The molecule has 31 heavy (non-hydrogen) atoms. The maximum Gasteiger partial charge on any atom is 0.251 e. The first-order valence-electron chi connectivity index (χ1n) is 10.1. The first-order chi connectivity index (χ1) is 15.0. The molecule has 4 rings (SSSR count). The van der Waals surface area contributed by atoms with Gasteiger partial charge in [-0.25, -0.2) is 8.42 Å². The SMILES string of the molecule is COc1ccc2c(c1)CCN(S(=O)(=O)CCNC(=O)c1ccc(-n3cccc3)cc1)C2. The number of ether oxygens (including phenoxy) is 1. The fourth-order valence-corrected chi connectivity index (χ4v) is 5.01. The van der Waals surface area contributed by atoms with Gasteiger partial charge in [0, 0.05) is 43.3 Å². The Balaban J connectivity index is 1.32. The van der Waals surface area contributed by atoms with Gasteiger partial charge >= 0.3 is 0 Å². The van der Waals surface area contributed by atoms with E-state index in [0.717, 1.165) is 22.6 Å². The number of methoxy groups -OCH3 is 1. The maximum atomic E-state index is 12.8. The number of carbonyl (C=O) groups is 1. The van der Waals surface area contributed by atoms with Gasteiger partial charge in [-0.2, -0.15) is 4.31 Å². The Labute approximate surface area is 182 Å². The average molecular weight is 440 g/mol. The molecule has 0 saturated carbocycles. The van der Waals surface area contributed by atoms with E-state index < -0.39 is 10.0 Å². The largest absolute Gasteiger partial charge is 0.497 e. The summed E-state index contributed by atoms with van der Waals surface area (Å²) in [7, 11) is -1.85. The van der Waals surface area contributed by atoms with Crippen LogP contribution >= 0.6 is 0 Å². The number of fused-ring (bicyclic) bond motifs is 1. The second kappa shape index (κ2) is 8.95. The van der Waals surface area contributed by atoms with E-state index in [1.807, 2.05) is 59.4 Å². The Kier molecular flexibility index (Phi) is 6.11. The Morgan fingerprint density at radius 1 is 1.06 bits per heavy atom. The van der Waals surface area contributed by atoms with Gasteiger partial charge in [0.05, 0.1) is 12.9 Å². The quantitative estimate of drug-likeness (QED) is 0.614. The number of nitrogens with one attached hydrogen (secondary N) is 1. The van der Waals surface area contributed by atoms with Gasteiger partial charge in [-0.1, -0.05) is 6.07 Å². The zero-order valence-corrected chi connectivity index (χ0v) is 18.1. The standard InChI is InChI=1S/C23H25N3O4S/c1-30-22-9-6-20-17-26(14-10-19(20)16-22)31(28,29)15-11-24-23(27)18-4-7-21(8-5-18)25-12-2-3-13-25/h2-9,12-13,16H,10-11,14-15,17H2,1H3,(H,24,27). The summed E-state index contributed by atoms with van der Waals surface area (Å²) < 4.78 is 34.2. The predicted octanol–water partition coefficient (Wildman–Crippen LogP) is 2.60. The lowest BCUT2D eigenvalue weighted by atomic mass is 10.0. The summed E-state index contributed by atoms with van der Waals surface area (Å²) in [4.78, 5) is 12.4. The fraction of sp³-hybridized carbons (Fsp3) is 0.261. The van der Waals surface area contributed by atoms with Crippen molar-refractivity contribution in [1.29, 1.82) is 0 Å². The Hall–Kier alpha value is -3.10.